The van der Waals surface area contributed by atoms with Crippen LogP contribution in [0.1, 0.15) is 24.0 Å². The summed E-state index contributed by atoms with van der Waals surface area (Å²) in [6.07, 6.45) is 13.9. The molecule has 0 N–H and O–H groups in total. The molecule has 0 bridgehead atoms. The van der Waals surface area contributed by atoms with Gasteiger partial charge in [0.25, 0.3) is 0 Å². The van der Waals surface area contributed by atoms with E-state index in [-0.39, 0.29) is 5.41 Å². The van der Waals surface area contributed by atoms with Gasteiger partial charge in [-0.3, -0.25) is 0 Å². The molecule has 1 aliphatic heterocycles. The number of fused-ring (bicyclic) bond motifs is 8. The van der Waals surface area contributed by atoms with Gasteiger partial charge in [0.05, 0.1) is 5.41 Å². The van der Waals surface area contributed by atoms with Crippen LogP contribution in [0.3, 0.4) is 0 Å². The van der Waals surface area contributed by atoms with Crippen molar-refractivity contribution < 1.29 is 4.74 Å². The van der Waals surface area contributed by atoms with E-state index in [0.717, 1.165) is 24.3 Å². The molecule has 2 unspecified atom stereocenters. The van der Waals surface area contributed by atoms with Gasteiger partial charge in [-0.2, -0.15) is 0 Å². The first-order chi connectivity index (χ1) is 13.3. The lowest BCUT2D eigenvalue weighted by Crippen LogP contribution is -2.38. The van der Waals surface area contributed by atoms with Gasteiger partial charge in [0, 0.05) is 23.0 Å². The van der Waals surface area contributed by atoms with Crippen molar-refractivity contribution in [3.63, 3.8) is 0 Å². The third-order valence-electron chi connectivity index (χ3n) is 6.59. The fourth-order valence-corrected chi connectivity index (χ4v) is 6.06. The molecule has 3 aliphatic carbocycles. The predicted octanol–water partition coefficient (Wildman–Crippen LogP) is 6.82. The normalized spacial score (nSPS) is 26.0. The second-order valence-electron chi connectivity index (χ2n) is 7.75. The molecular formula is C25H19BrO. The summed E-state index contributed by atoms with van der Waals surface area (Å²) in [6, 6.07) is 17.2. The van der Waals surface area contributed by atoms with Gasteiger partial charge in [-0.25, -0.2) is 0 Å². The molecular weight excluding hydrogens is 396 g/mol. The Hall–Kier alpha value is -2.32. The van der Waals surface area contributed by atoms with Crippen LogP contribution in [-0.4, -0.2) is 0 Å². The number of hydrogen-bond donors (Lipinski definition) is 0. The van der Waals surface area contributed by atoms with E-state index in [1.54, 1.807) is 5.57 Å². The third kappa shape index (κ3) is 1.94. The Morgan fingerprint density at radius 1 is 0.852 bits per heavy atom. The predicted molar refractivity (Wildman–Crippen MR) is 112 cm³/mol. The zero-order valence-corrected chi connectivity index (χ0v) is 16.4. The number of ether oxygens (including phenoxy) is 1. The fourth-order valence-electron chi connectivity index (χ4n) is 5.63. The van der Waals surface area contributed by atoms with Crippen LogP contribution < -0.4 is 4.74 Å². The third-order valence-corrected chi connectivity index (χ3v) is 7.21. The fraction of sp³-hybridized carbons (Fsp3) is 0.200. The molecule has 0 aromatic heterocycles. The number of rotatable bonds is 0. The van der Waals surface area contributed by atoms with Crippen LogP contribution in [0.25, 0.3) is 0 Å². The highest BCUT2D eigenvalue weighted by molar-refractivity contribution is 9.11. The van der Waals surface area contributed by atoms with Crippen molar-refractivity contribution in [1.82, 2.24) is 0 Å². The summed E-state index contributed by atoms with van der Waals surface area (Å²) >= 11 is 3.81. The van der Waals surface area contributed by atoms with Crippen LogP contribution in [0.4, 0.5) is 0 Å². The summed E-state index contributed by atoms with van der Waals surface area (Å²) in [6.45, 7) is 0. The smallest absolute Gasteiger partial charge is 0.131 e. The molecule has 0 radical (unpaired) electrons. The van der Waals surface area contributed by atoms with E-state index in [2.05, 4.69) is 94.8 Å². The van der Waals surface area contributed by atoms with Crippen molar-refractivity contribution in [3.8, 4) is 11.5 Å². The largest absolute Gasteiger partial charge is 0.457 e. The highest BCUT2D eigenvalue weighted by Crippen LogP contribution is 2.65. The first-order valence-electron chi connectivity index (χ1n) is 9.61. The van der Waals surface area contributed by atoms with E-state index in [4.69, 9.17) is 4.74 Å². The molecule has 1 heterocycles. The topological polar surface area (TPSA) is 9.23 Å². The van der Waals surface area contributed by atoms with Gasteiger partial charge in [0.1, 0.15) is 11.5 Å². The first kappa shape index (κ1) is 15.7. The second kappa shape index (κ2) is 5.59. The van der Waals surface area contributed by atoms with Gasteiger partial charge in [0.2, 0.25) is 0 Å². The van der Waals surface area contributed by atoms with Gasteiger partial charge < -0.3 is 4.74 Å². The maximum absolute atomic E-state index is 6.35. The van der Waals surface area contributed by atoms with Crippen molar-refractivity contribution in [2.24, 2.45) is 11.8 Å². The van der Waals surface area contributed by atoms with E-state index in [1.165, 1.54) is 21.2 Å². The minimum atomic E-state index is -0.188. The molecule has 1 nitrogen and oxygen atoms in total. The lowest BCUT2D eigenvalue weighted by Gasteiger charge is -2.44. The van der Waals surface area contributed by atoms with Crippen molar-refractivity contribution in [1.29, 1.82) is 0 Å². The monoisotopic (exact) mass is 414 g/mol. The maximum atomic E-state index is 6.35. The number of para-hydroxylation sites is 2. The number of hydrogen-bond acceptors (Lipinski definition) is 1. The summed E-state index contributed by atoms with van der Waals surface area (Å²) in [5.74, 6) is 2.82. The zero-order chi connectivity index (χ0) is 18.0. The molecule has 2 heteroatoms. The van der Waals surface area contributed by atoms with Crippen molar-refractivity contribution in [3.05, 3.63) is 106 Å². The van der Waals surface area contributed by atoms with Gasteiger partial charge in [-0.1, -0.05) is 82.2 Å². The molecule has 1 spiro atoms. The van der Waals surface area contributed by atoms with Crippen LogP contribution in [0.15, 0.2) is 94.5 Å². The maximum Gasteiger partial charge on any atom is 0.131 e. The van der Waals surface area contributed by atoms with Gasteiger partial charge in [-0.15, -0.1) is 0 Å². The van der Waals surface area contributed by atoms with E-state index in [9.17, 15) is 0 Å². The summed E-state index contributed by atoms with van der Waals surface area (Å²) in [5.41, 5.74) is 5.46. The lowest BCUT2D eigenvalue weighted by atomic mass is 9.61. The van der Waals surface area contributed by atoms with Crippen molar-refractivity contribution in [2.45, 2.75) is 18.3 Å². The number of halogens is 1. The molecule has 2 aromatic rings. The van der Waals surface area contributed by atoms with Crippen LogP contribution in [-0.2, 0) is 5.41 Å². The zero-order valence-electron chi connectivity index (χ0n) is 14.9. The summed E-state index contributed by atoms with van der Waals surface area (Å²) in [7, 11) is 0. The van der Waals surface area contributed by atoms with E-state index >= 15 is 0 Å². The van der Waals surface area contributed by atoms with Gasteiger partial charge in [-0.05, 0) is 41.1 Å². The van der Waals surface area contributed by atoms with Crippen LogP contribution in [0.2, 0.25) is 0 Å². The first-order valence-corrected chi connectivity index (χ1v) is 10.4. The average Bonchev–Trinajstić information content (AvgIpc) is 2.99. The molecule has 0 amide bonds. The molecule has 2 aromatic carbocycles. The number of allylic oxidation sites excluding steroid dienone is 8. The Morgan fingerprint density at radius 3 is 2.26 bits per heavy atom. The lowest BCUT2D eigenvalue weighted by molar-refractivity contribution is 0.360. The molecule has 0 fully saturated rings. The summed E-state index contributed by atoms with van der Waals surface area (Å²) in [4.78, 5) is 0. The Labute approximate surface area is 167 Å². The minimum absolute atomic E-state index is 0.188. The SMILES string of the molecule is BrC1=CC2=C(CC1)C1C=CC=CC1C21c2ccccc2Oc2ccccc21. The van der Waals surface area contributed by atoms with Crippen LogP contribution in [0.5, 0.6) is 11.5 Å². The van der Waals surface area contributed by atoms with E-state index in [0.29, 0.717) is 11.8 Å². The highest BCUT2D eigenvalue weighted by Gasteiger charge is 2.57. The Balaban J connectivity index is 1.76. The average molecular weight is 415 g/mol. The summed E-state index contributed by atoms with van der Waals surface area (Å²) < 4.78 is 7.65. The standard InChI is InChI=1S/C25H19BrO/c26-16-13-14-18-17-7-1-2-8-19(17)25(22(18)15-16)20-9-3-5-11-23(20)27-24-12-6-4-10-21(24)25/h1-12,15,17,19H,13-14H2. The molecule has 0 saturated heterocycles. The molecule has 27 heavy (non-hydrogen) atoms. The minimum Gasteiger partial charge on any atom is -0.457 e. The molecule has 0 saturated carbocycles. The Kier molecular flexibility index (Phi) is 3.25. The second-order valence-corrected chi connectivity index (χ2v) is 8.77. The van der Waals surface area contributed by atoms with Crippen LogP contribution >= 0.6 is 15.9 Å². The Morgan fingerprint density at radius 2 is 1.52 bits per heavy atom. The van der Waals surface area contributed by atoms with Crippen LogP contribution in [0, 0.1) is 11.8 Å². The van der Waals surface area contributed by atoms with Gasteiger partial charge in [0.15, 0.2) is 0 Å². The van der Waals surface area contributed by atoms with Gasteiger partial charge >= 0.3 is 0 Å². The highest BCUT2D eigenvalue weighted by atomic mass is 79.9. The van der Waals surface area contributed by atoms with Crippen molar-refractivity contribution >= 4 is 15.9 Å². The van der Waals surface area contributed by atoms with Crippen molar-refractivity contribution in [2.75, 3.05) is 0 Å². The molecule has 6 rings (SSSR count). The molecule has 4 aliphatic rings. The Bertz CT molecular complexity index is 1040. The van der Waals surface area contributed by atoms with E-state index in [1.807, 2.05) is 0 Å². The number of benzene rings is 2. The molecule has 2 atom stereocenters. The molecule has 132 valence electrons. The summed E-state index contributed by atoms with van der Waals surface area (Å²) in [5, 5.41) is 0. The quantitative estimate of drug-likeness (QED) is 0.459. The van der Waals surface area contributed by atoms with E-state index < -0.39 is 0 Å².